The molecule has 2 aromatic heterocycles. The second-order valence-electron chi connectivity index (χ2n) is 6.60. The van der Waals surface area contributed by atoms with Crippen LogP contribution in [0.5, 0.6) is 5.75 Å². The fourth-order valence-corrected chi connectivity index (χ4v) is 3.26. The molecule has 0 spiro atoms. The molecule has 1 N–H and O–H groups in total. The molecular weight excluding hydrogens is 392 g/mol. The number of aromatic nitrogens is 4. The van der Waals surface area contributed by atoms with E-state index >= 15 is 0 Å². The van der Waals surface area contributed by atoms with Crippen molar-refractivity contribution in [3.8, 4) is 11.6 Å². The standard InChI is InChI=1S/C19H22N6O3S/c1-13(23-19(26)14-6-5-7-16(10-14)28-2)18-21-12-22-25(18)17-9-8-15(11-20-17)24-29(3,4)27/h5-13H,1-4H3,(H,23,26)/t13-/m0/s1. The Morgan fingerprint density at radius 2 is 2.03 bits per heavy atom. The molecule has 0 saturated heterocycles. The number of nitrogens with one attached hydrogen (secondary N) is 1. The minimum absolute atomic E-state index is 0.256. The Bertz CT molecular complexity index is 1120. The third kappa shape index (κ3) is 5.17. The highest BCUT2D eigenvalue weighted by Crippen LogP contribution is 2.18. The molecule has 0 aliphatic carbocycles. The zero-order chi connectivity index (χ0) is 21.0. The lowest BCUT2D eigenvalue weighted by Gasteiger charge is -2.14. The summed E-state index contributed by atoms with van der Waals surface area (Å²) >= 11 is 0. The largest absolute Gasteiger partial charge is 0.497 e. The minimum Gasteiger partial charge on any atom is -0.497 e. The van der Waals surface area contributed by atoms with Gasteiger partial charge >= 0.3 is 0 Å². The van der Waals surface area contributed by atoms with E-state index in [1.54, 1.807) is 56.0 Å². The second kappa shape index (κ2) is 8.39. The predicted octanol–water partition coefficient (Wildman–Crippen LogP) is 2.52. The van der Waals surface area contributed by atoms with Crippen molar-refractivity contribution < 1.29 is 13.7 Å². The number of rotatable bonds is 6. The van der Waals surface area contributed by atoms with E-state index in [-0.39, 0.29) is 5.91 Å². The van der Waals surface area contributed by atoms with Crippen LogP contribution in [0.4, 0.5) is 5.69 Å². The summed E-state index contributed by atoms with van der Waals surface area (Å²) < 4.78 is 22.6. The van der Waals surface area contributed by atoms with E-state index < -0.39 is 15.8 Å². The molecule has 0 radical (unpaired) electrons. The van der Waals surface area contributed by atoms with E-state index in [1.807, 2.05) is 6.92 Å². The Balaban J connectivity index is 1.80. The minimum atomic E-state index is -2.27. The molecule has 2 heterocycles. The molecule has 3 aromatic rings. The lowest BCUT2D eigenvalue weighted by Crippen LogP contribution is -2.28. The van der Waals surface area contributed by atoms with Crippen LogP contribution in [0.1, 0.15) is 29.1 Å². The van der Waals surface area contributed by atoms with Crippen LogP contribution >= 0.6 is 0 Å². The molecule has 0 saturated carbocycles. The van der Waals surface area contributed by atoms with Gasteiger partial charge in [0.15, 0.2) is 11.6 Å². The maximum Gasteiger partial charge on any atom is 0.251 e. The van der Waals surface area contributed by atoms with Crippen LogP contribution in [0.25, 0.3) is 5.82 Å². The first-order chi connectivity index (χ1) is 13.8. The molecule has 3 rings (SSSR count). The first-order valence-corrected chi connectivity index (χ1v) is 11.1. The number of methoxy groups -OCH3 is 1. The zero-order valence-corrected chi connectivity index (χ0v) is 17.4. The number of pyridine rings is 1. The van der Waals surface area contributed by atoms with Gasteiger partial charge in [0.1, 0.15) is 12.1 Å². The Morgan fingerprint density at radius 1 is 1.24 bits per heavy atom. The molecule has 29 heavy (non-hydrogen) atoms. The van der Waals surface area contributed by atoms with E-state index in [0.717, 1.165) is 0 Å². The number of nitrogens with zero attached hydrogens (tertiary/aromatic N) is 5. The Labute approximate surface area is 169 Å². The van der Waals surface area contributed by atoms with Gasteiger partial charge in [-0.2, -0.15) is 14.1 Å². The van der Waals surface area contributed by atoms with Gasteiger partial charge in [0.25, 0.3) is 5.91 Å². The van der Waals surface area contributed by atoms with Crippen LogP contribution in [0, 0.1) is 0 Å². The van der Waals surface area contributed by atoms with E-state index in [0.29, 0.717) is 28.6 Å². The molecular formula is C19H22N6O3S. The van der Waals surface area contributed by atoms with Crippen molar-refractivity contribution in [2.45, 2.75) is 13.0 Å². The third-order valence-electron chi connectivity index (χ3n) is 3.92. The summed E-state index contributed by atoms with van der Waals surface area (Å²) in [6.07, 6.45) is 6.04. The number of carbonyl (C=O) groups excluding carboxylic acids is 1. The molecule has 152 valence electrons. The monoisotopic (exact) mass is 414 g/mol. The quantitative estimate of drug-likeness (QED) is 0.663. The van der Waals surface area contributed by atoms with Crippen LogP contribution in [-0.4, -0.2) is 49.5 Å². The number of carbonyl (C=O) groups is 1. The van der Waals surface area contributed by atoms with Crippen molar-refractivity contribution in [1.82, 2.24) is 25.1 Å². The van der Waals surface area contributed by atoms with Gasteiger partial charge < -0.3 is 10.1 Å². The van der Waals surface area contributed by atoms with Gasteiger partial charge in [0.05, 0.1) is 25.0 Å². The SMILES string of the molecule is COc1cccc(C(=O)N[C@@H](C)c2ncnn2-c2ccc(N=S(C)(C)=O)cn2)c1. The highest BCUT2D eigenvalue weighted by atomic mass is 32.2. The summed E-state index contributed by atoms with van der Waals surface area (Å²) in [6.45, 7) is 1.81. The van der Waals surface area contributed by atoms with Crippen LogP contribution in [0.2, 0.25) is 0 Å². The van der Waals surface area contributed by atoms with Crippen molar-refractivity contribution in [2.24, 2.45) is 4.36 Å². The molecule has 0 aliphatic rings. The molecule has 1 amide bonds. The predicted molar refractivity (Wildman–Crippen MR) is 110 cm³/mol. The second-order valence-corrected chi connectivity index (χ2v) is 9.15. The summed E-state index contributed by atoms with van der Waals surface area (Å²) in [7, 11) is -0.718. The number of hydrogen-bond donors (Lipinski definition) is 1. The highest BCUT2D eigenvalue weighted by molar-refractivity contribution is 7.92. The summed E-state index contributed by atoms with van der Waals surface area (Å²) in [5.74, 6) is 1.38. The number of ether oxygens (including phenoxy) is 1. The summed E-state index contributed by atoms with van der Waals surface area (Å²) in [6, 6.07) is 9.89. The van der Waals surface area contributed by atoms with Crippen molar-refractivity contribution in [3.05, 3.63) is 60.3 Å². The average molecular weight is 414 g/mol. The third-order valence-corrected chi connectivity index (χ3v) is 4.57. The van der Waals surface area contributed by atoms with Gasteiger partial charge in [-0.1, -0.05) is 6.07 Å². The van der Waals surface area contributed by atoms with Crippen LogP contribution in [-0.2, 0) is 9.73 Å². The van der Waals surface area contributed by atoms with Gasteiger partial charge in [-0.25, -0.2) is 14.2 Å². The molecule has 10 heteroatoms. The number of benzene rings is 1. The average Bonchev–Trinajstić information content (AvgIpc) is 3.17. The molecule has 0 fully saturated rings. The maximum absolute atomic E-state index is 12.6. The van der Waals surface area contributed by atoms with Gasteiger partial charge in [0, 0.05) is 27.8 Å². The Hall–Kier alpha value is -3.27. The van der Waals surface area contributed by atoms with E-state index in [1.165, 1.54) is 17.2 Å². The van der Waals surface area contributed by atoms with Crippen LogP contribution in [0.3, 0.4) is 0 Å². The van der Waals surface area contributed by atoms with Gasteiger partial charge in [-0.15, -0.1) is 0 Å². The fourth-order valence-electron chi connectivity index (χ4n) is 2.64. The Morgan fingerprint density at radius 3 is 2.69 bits per heavy atom. The topological polar surface area (TPSA) is 111 Å². The first kappa shape index (κ1) is 20.5. The fraction of sp³-hybridized carbons (Fsp3) is 0.263. The van der Waals surface area contributed by atoms with Gasteiger partial charge in [0.2, 0.25) is 0 Å². The molecule has 9 nitrogen and oxygen atoms in total. The van der Waals surface area contributed by atoms with Crippen molar-refractivity contribution >= 4 is 21.3 Å². The van der Waals surface area contributed by atoms with Crippen LogP contribution in [0.15, 0.2) is 53.3 Å². The lowest BCUT2D eigenvalue weighted by atomic mass is 10.2. The molecule has 1 atom stereocenters. The van der Waals surface area contributed by atoms with Crippen LogP contribution < -0.4 is 10.1 Å². The van der Waals surface area contributed by atoms with Gasteiger partial charge in [-0.05, 0) is 37.3 Å². The molecule has 0 unspecified atom stereocenters. The van der Waals surface area contributed by atoms with Crippen molar-refractivity contribution in [1.29, 1.82) is 0 Å². The summed E-state index contributed by atoms with van der Waals surface area (Å²) in [5.41, 5.74) is 0.999. The molecule has 1 aromatic carbocycles. The first-order valence-electron chi connectivity index (χ1n) is 8.75. The van der Waals surface area contributed by atoms with Gasteiger partial charge in [-0.3, -0.25) is 4.79 Å². The smallest absolute Gasteiger partial charge is 0.251 e. The summed E-state index contributed by atoms with van der Waals surface area (Å²) in [4.78, 5) is 21.1. The maximum atomic E-state index is 12.6. The van der Waals surface area contributed by atoms with E-state index in [4.69, 9.17) is 4.74 Å². The van der Waals surface area contributed by atoms with Crippen molar-refractivity contribution in [2.75, 3.05) is 19.6 Å². The number of hydrogen-bond acceptors (Lipinski definition) is 7. The molecule has 0 aliphatic heterocycles. The highest BCUT2D eigenvalue weighted by Gasteiger charge is 2.18. The zero-order valence-electron chi connectivity index (χ0n) is 16.6. The summed E-state index contributed by atoms with van der Waals surface area (Å²) in [5, 5.41) is 7.10. The molecule has 0 bridgehead atoms. The Kier molecular flexibility index (Phi) is 5.92. The number of amides is 1. The lowest BCUT2D eigenvalue weighted by molar-refractivity contribution is 0.0937. The van der Waals surface area contributed by atoms with Crippen molar-refractivity contribution in [3.63, 3.8) is 0 Å². The van der Waals surface area contributed by atoms with E-state index in [9.17, 15) is 9.00 Å². The van der Waals surface area contributed by atoms with E-state index in [2.05, 4.69) is 24.7 Å². The normalized spacial score (nSPS) is 12.3.